The Hall–Kier alpha value is -1.71. The minimum absolute atomic E-state index is 0.0867. The van der Waals surface area contributed by atoms with Gasteiger partial charge in [-0.3, -0.25) is 9.35 Å². The number of aliphatic hydroxyl groups is 1. The lowest BCUT2D eigenvalue weighted by atomic mass is 10.0. The molecule has 8 nitrogen and oxygen atoms in total. The third-order valence-corrected chi connectivity index (χ3v) is 3.09. The minimum Gasteiger partial charge on any atom is -0.432 e. The number of nitrogens with one attached hydrogen (secondary N) is 1. The predicted molar refractivity (Wildman–Crippen MR) is 74.4 cm³/mol. The Labute approximate surface area is 123 Å². The van der Waals surface area contributed by atoms with Crippen LogP contribution in [-0.2, 0) is 24.4 Å². The number of aliphatic hydroxyl groups excluding tert-OH is 1. The molecule has 3 N–H and O–H groups in total. The van der Waals surface area contributed by atoms with Crippen LogP contribution >= 0.6 is 0 Å². The minimum atomic E-state index is -4.82. The predicted octanol–water partition coefficient (Wildman–Crippen LogP) is 0.111. The van der Waals surface area contributed by atoms with Gasteiger partial charge in [-0.25, -0.2) is 4.79 Å². The van der Waals surface area contributed by atoms with Crippen molar-refractivity contribution in [1.82, 2.24) is 5.32 Å². The molecule has 9 heteroatoms. The smallest absolute Gasteiger partial charge is 0.354 e. The van der Waals surface area contributed by atoms with Crippen molar-refractivity contribution in [3.63, 3.8) is 0 Å². The van der Waals surface area contributed by atoms with E-state index in [1.54, 1.807) is 13.8 Å². The fraction of sp³-hybridized carbons (Fsp3) is 0.500. The van der Waals surface area contributed by atoms with Gasteiger partial charge >= 0.3 is 16.1 Å². The van der Waals surface area contributed by atoms with Crippen LogP contribution in [0.4, 0.5) is 0 Å². The molecule has 0 aliphatic carbocycles. The summed E-state index contributed by atoms with van der Waals surface area (Å²) in [6, 6.07) is 0. The summed E-state index contributed by atoms with van der Waals surface area (Å²) >= 11 is 0. The number of ether oxygens (including phenoxy) is 1. The molecule has 0 aromatic heterocycles. The molecule has 0 spiro atoms. The SMILES string of the molecule is C=CC(=O)NC(C)(C)C/C=C(\C(=O)OC(C)O)S(=O)(=O)O. The number of amides is 1. The summed E-state index contributed by atoms with van der Waals surface area (Å²) in [7, 11) is -4.82. The van der Waals surface area contributed by atoms with Crippen molar-refractivity contribution < 1.29 is 32.4 Å². The van der Waals surface area contributed by atoms with Crippen molar-refractivity contribution >= 4 is 22.0 Å². The van der Waals surface area contributed by atoms with Crippen LogP contribution in [0.3, 0.4) is 0 Å². The van der Waals surface area contributed by atoms with Crippen molar-refractivity contribution in [3.8, 4) is 0 Å². The van der Waals surface area contributed by atoms with Crippen LogP contribution in [0.2, 0.25) is 0 Å². The van der Waals surface area contributed by atoms with E-state index in [9.17, 15) is 18.0 Å². The van der Waals surface area contributed by atoms with Gasteiger partial charge in [-0.1, -0.05) is 12.7 Å². The molecule has 1 amide bonds. The molecule has 1 unspecified atom stereocenters. The Morgan fingerprint density at radius 3 is 2.33 bits per heavy atom. The molecular weight excluding hydrogens is 302 g/mol. The summed E-state index contributed by atoms with van der Waals surface area (Å²) in [5.74, 6) is -1.87. The van der Waals surface area contributed by atoms with Gasteiger partial charge in [0.2, 0.25) is 5.91 Å². The van der Waals surface area contributed by atoms with Crippen LogP contribution in [0, 0.1) is 0 Å². The Morgan fingerprint density at radius 1 is 1.43 bits per heavy atom. The number of esters is 1. The maximum atomic E-state index is 11.5. The molecule has 0 fully saturated rings. The molecule has 0 aromatic carbocycles. The second-order valence-corrected chi connectivity index (χ2v) is 6.22. The monoisotopic (exact) mass is 321 g/mol. The van der Waals surface area contributed by atoms with Gasteiger partial charge < -0.3 is 15.2 Å². The highest BCUT2D eigenvalue weighted by atomic mass is 32.2. The van der Waals surface area contributed by atoms with E-state index in [1.807, 2.05) is 0 Å². The maximum absolute atomic E-state index is 11.5. The van der Waals surface area contributed by atoms with E-state index in [-0.39, 0.29) is 6.42 Å². The first-order valence-electron chi connectivity index (χ1n) is 5.90. The molecule has 0 aliphatic rings. The summed E-state index contributed by atoms with van der Waals surface area (Å²) in [5.41, 5.74) is -0.897. The molecule has 0 saturated heterocycles. The molecule has 0 heterocycles. The van der Waals surface area contributed by atoms with E-state index in [0.717, 1.165) is 19.1 Å². The van der Waals surface area contributed by atoms with Crippen molar-refractivity contribution in [2.24, 2.45) is 0 Å². The van der Waals surface area contributed by atoms with Gasteiger partial charge in [-0.2, -0.15) is 8.42 Å². The van der Waals surface area contributed by atoms with Gasteiger partial charge in [0.15, 0.2) is 11.2 Å². The molecule has 21 heavy (non-hydrogen) atoms. The zero-order valence-electron chi connectivity index (χ0n) is 12.0. The van der Waals surface area contributed by atoms with Gasteiger partial charge in [0.25, 0.3) is 0 Å². The second kappa shape index (κ2) is 7.34. The van der Waals surface area contributed by atoms with Crippen LogP contribution in [0.5, 0.6) is 0 Å². The molecular formula is C12H19NO7S. The fourth-order valence-electron chi connectivity index (χ4n) is 1.29. The van der Waals surface area contributed by atoms with Crippen LogP contribution < -0.4 is 5.32 Å². The van der Waals surface area contributed by atoms with Crippen molar-refractivity contribution in [2.75, 3.05) is 0 Å². The van der Waals surface area contributed by atoms with Crippen molar-refractivity contribution in [1.29, 1.82) is 0 Å². The summed E-state index contributed by atoms with van der Waals surface area (Å²) in [4.78, 5) is 21.7. The number of carbonyl (C=O) groups excluding carboxylic acids is 2. The third kappa shape index (κ3) is 7.59. The Kier molecular flexibility index (Phi) is 6.74. The lowest BCUT2D eigenvalue weighted by Crippen LogP contribution is -2.42. The lowest BCUT2D eigenvalue weighted by Gasteiger charge is -2.24. The van der Waals surface area contributed by atoms with Crippen molar-refractivity contribution in [3.05, 3.63) is 23.6 Å². The van der Waals surface area contributed by atoms with E-state index < -0.39 is 38.7 Å². The highest BCUT2D eigenvalue weighted by Crippen LogP contribution is 2.15. The van der Waals surface area contributed by atoms with Gasteiger partial charge in [0, 0.05) is 5.54 Å². The maximum Gasteiger partial charge on any atom is 0.354 e. The van der Waals surface area contributed by atoms with E-state index in [2.05, 4.69) is 16.6 Å². The molecule has 0 radical (unpaired) electrons. The molecule has 1 atom stereocenters. The first-order chi connectivity index (χ1) is 9.39. The standard InChI is InChI=1S/C12H19NO7S/c1-5-10(15)13-12(3,4)7-6-9(21(17,18)19)11(16)20-8(2)14/h5-6,8,14H,1,7H2,2-4H3,(H,13,15)(H,17,18,19)/b9-6+. The van der Waals surface area contributed by atoms with E-state index in [1.165, 1.54) is 0 Å². The molecule has 0 aliphatic heterocycles. The number of rotatable bonds is 7. The normalized spacial score (nSPS) is 14.2. The first kappa shape index (κ1) is 19.3. The van der Waals surface area contributed by atoms with Gasteiger partial charge in [0.05, 0.1) is 0 Å². The largest absolute Gasteiger partial charge is 0.432 e. The Bertz CT molecular complexity index is 546. The molecule has 0 rings (SSSR count). The van der Waals surface area contributed by atoms with Gasteiger partial charge in [-0.05, 0) is 33.3 Å². The second-order valence-electron chi connectivity index (χ2n) is 4.83. The summed E-state index contributed by atoms with van der Waals surface area (Å²) < 4.78 is 35.6. The van der Waals surface area contributed by atoms with Crippen LogP contribution in [0.25, 0.3) is 0 Å². The molecule has 0 bridgehead atoms. The Morgan fingerprint density at radius 2 is 1.95 bits per heavy atom. The zero-order chi connectivity index (χ0) is 16.8. The first-order valence-corrected chi connectivity index (χ1v) is 7.34. The highest BCUT2D eigenvalue weighted by molar-refractivity contribution is 7.90. The summed E-state index contributed by atoms with van der Waals surface area (Å²) in [5, 5.41) is 11.4. The summed E-state index contributed by atoms with van der Waals surface area (Å²) in [6.45, 7) is 7.53. The lowest BCUT2D eigenvalue weighted by molar-refractivity contribution is -0.158. The van der Waals surface area contributed by atoms with Crippen molar-refractivity contribution in [2.45, 2.75) is 39.0 Å². The number of carbonyl (C=O) groups is 2. The van der Waals surface area contributed by atoms with Gasteiger partial charge in [0.1, 0.15) is 0 Å². The van der Waals surface area contributed by atoms with Crippen LogP contribution in [-0.4, -0.2) is 41.8 Å². The quantitative estimate of drug-likeness (QED) is 0.262. The fourth-order valence-corrected chi connectivity index (χ4v) is 1.84. The van der Waals surface area contributed by atoms with Crippen LogP contribution in [0.1, 0.15) is 27.2 Å². The average Bonchev–Trinajstić information content (AvgIpc) is 2.24. The van der Waals surface area contributed by atoms with Gasteiger partial charge in [-0.15, -0.1) is 0 Å². The van der Waals surface area contributed by atoms with E-state index in [0.29, 0.717) is 0 Å². The van der Waals surface area contributed by atoms with Crippen LogP contribution in [0.15, 0.2) is 23.6 Å². The highest BCUT2D eigenvalue weighted by Gasteiger charge is 2.27. The third-order valence-electron chi connectivity index (χ3n) is 2.20. The Balaban J connectivity index is 5.24. The topological polar surface area (TPSA) is 130 Å². The molecule has 0 saturated carbocycles. The molecule has 0 aromatic rings. The molecule has 120 valence electrons. The van der Waals surface area contributed by atoms with E-state index in [4.69, 9.17) is 9.66 Å². The number of hydrogen-bond acceptors (Lipinski definition) is 6. The van der Waals surface area contributed by atoms with E-state index >= 15 is 0 Å². The number of hydrogen-bond donors (Lipinski definition) is 3. The zero-order valence-corrected chi connectivity index (χ0v) is 12.8. The average molecular weight is 321 g/mol. The summed E-state index contributed by atoms with van der Waals surface area (Å²) in [6.07, 6.45) is 0.327.